The van der Waals surface area contributed by atoms with Gasteiger partial charge in [-0.1, -0.05) is 36.0 Å². The fourth-order valence-electron chi connectivity index (χ4n) is 3.58. The molecule has 0 atom stereocenters. The number of pyridine rings is 1. The first kappa shape index (κ1) is 18.6. The van der Waals surface area contributed by atoms with Crippen molar-refractivity contribution in [2.24, 2.45) is 7.05 Å². The Labute approximate surface area is 169 Å². The summed E-state index contributed by atoms with van der Waals surface area (Å²) in [6.07, 6.45) is 6.11. The van der Waals surface area contributed by atoms with Crippen molar-refractivity contribution in [1.82, 2.24) is 0 Å². The van der Waals surface area contributed by atoms with E-state index < -0.39 is 5.97 Å². The highest BCUT2D eigenvalue weighted by Gasteiger charge is 2.24. The number of unbranched alkanes of at least 4 members (excludes halogenated alkanes) is 1. The van der Waals surface area contributed by atoms with Gasteiger partial charge in [-0.2, -0.15) is 0 Å². The van der Waals surface area contributed by atoms with Gasteiger partial charge in [-0.15, -0.1) is 0 Å². The van der Waals surface area contributed by atoms with Gasteiger partial charge in [0, 0.05) is 30.0 Å². The third-order valence-electron chi connectivity index (χ3n) is 5.01. The second-order valence-corrected chi connectivity index (χ2v) is 8.02. The van der Waals surface area contributed by atoms with Crippen LogP contribution in [0.25, 0.3) is 17.0 Å². The fraction of sp³-hybridized carbons (Fsp3) is 0.217. The van der Waals surface area contributed by atoms with Gasteiger partial charge in [0.25, 0.3) is 0 Å². The van der Waals surface area contributed by atoms with Gasteiger partial charge in [-0.05, 0) is 42.7 Å². The Bertz CT molecular complexity index is 1060. The SMILES string of the molecule is C[n+]1ccc(/C=C2\Sc3ccccc3N2CCCCC(=O)O)c2ccccc21. The van der Waals surface area contributed by atoms with E-state index in [0.717, 1.165) is 13.0 Å². The van der Waals surface area contributed by atoms with Crippen LogP contribution in [0, 0.1) is 0 Å². The van der Waals surface area contributed by atoms with Gasteiger partial charge in [0.15, 0.2) is 6.20 Å². The first-order valence-corrected chi connectivity index (χ1v) is 10.3. The van der Waals surface area contributed by atoms with Gasteiger partial charge < -0.3 is 10.0 Å². The van der Waals surface area contributed by atoms with E-state index in [1.54, 1.807) is 11.8 Å². The number of hydrogen-bond acceptors (Lipinski definition) is 3. The third-order valence-corrected chi connectivity index (χ3v) is 6.12. The minimum absolute atomic E-state index is 0.224. The summed E-state index contributed by atoms with van der Waals surface area (Å²) in [5, 5.41) is 11.3. The number of carboxylic acids is 1. The highest BCUT2D eigenvalue weighted by Crippen LogP contribution is 2.46. The van der Waals surface area contributed by atoms with Crippen molar-refractivity contribution in [3.05, 3.63) is 71.4 Å². The summed E-state index contributed by atoms with van der Waals surface area (Å²) in [7, 11) is 2.06. The topological polar surface area (TPSA) is 44.4 Å². The van der Waals surface area contributed by atoms with Crippen LogP contribution in [-0.2, 0) is 11.8 Å². The number of hydrogen-bond donors (Lipinski definition) is 1. The number of aliphatic carboxylic acids is 1. The molecule has 0 radical (unpaired) electrons. The number of aryl methyl sites for hydroxylation is 1. The standard InChI is InChI=1S/C23H22N2O2S/c1-24-15-13-17(18-8-2-3-9-19(18)24)16-22-25(14-7-6-12-23(26)27)20-10-4-5-11-21(20)28-22/h2-5,8-11,13,15-16H,6-7,12,14H2,1H3/p+1. The van der Waals surface area contributed by atoms with Crippen molar-refractivity contribution in [1.29, 1.82) is 0 Å². The van der Waals surface area contributed by atoms with Gasteiger partial charge in [-0.3, -0.25) is 4.79 Å². The summed E-state index contributed by atoms with van der Waals surface area (Å²) in [6, 6.07) is 19.0. The quantitative estimate of drug-likeness (QED) is 0.483. The lowest BCUT2D eigenvalue weighted by atomic mass is 10.1. The summed E-state index contributed by atoms with van der Waals surface area (Å²) < 4.78 is 2.14. The Kier molecular flexibility index (Phi) is 5.35. The Morgan fingerprint density at radius 3 is 2.75 bits per heavy atom. The Morgan fingerprint density at radius 1 is 1.11 bits per heavy atom. The van der Waals surface area contributed by atoms with Crippen LogP contribution in [0.4, 0.5) is 5.69 Å². The predicted octanol–water partition coefficient (Wildman–Crippen LogP) is 4.83. The molecule has 2 heterocycles. The number of anilines is 1. The van der Waals surface area contributed by atoms with Gasteiger partial charge in [0.05, 0.1) is 16.1 Å². The molecule has 0 saturated carbocycles. The molecular weight excluding hydrogens is 368 g/mol. The summed E-state index contributed by atoms with van der Waals surface area (Å²) in [5.74, 6) is -0.726. The van der Waals surface area contributed by atoms with E-state index in [4.69, 9.17) is 5.11 Å². The summed E-state index contributed by atoms with van der Waals surface area (Å²) in [4.78, 5) is 14.4. The van der Waals surface area contributed by atoms with Crippen LogP contribution >= 0.6 is 11.8 Å². The zero-order chi connectivity index (χ0) is 19.5. The summed E-state index contributed by atoms with van der Waals surface area (Å²) >= 11 is 1.78. The molecule has 142 valence electrons. The van der Waals surface area contributed by atoms with E-state index >= 15 is 0 Å². The van der Waals surface area contributed by atoms with Crippen molar-refractivity contribution >= 4 is 40.4 Å². The number of aromatic nitrogens is 1. The number of benzene rings is 2. The molecule has 0 fully saturated rings. The van der Waals surface area contributed by atoms with Crippen LogP contribution in [0.1, 0.15) is 24.8 Å². The zero-order valence-electron chi connectivity index (χ0n) is 15.8. The molecule has 5 heteroatoms. The maximum absolute atomic E-state index is 10.8. The minimum atomic E-state index is -0.726. The normalized spacial score (nSPS) is 14.6. The molecular formula is C23H23N2O2S+. The molecule has 0 amide bonds. The molecule has 4 nitrogen and oxygen atoms in total. The molecule has 2 aromatic carbocycles. The molecule has 0 aliphatic carbocycles. The van der Waals surface area contributed by atoms with Crippen molar-refractivity contribution in [2.75, 3.05) is 11.4 Å². The number of thioether (sulfide) groups is 1. The molecule has 0 saturated heterocycles. The molecule has 0 unspecified atom stereocenters. The van der Waals surface area contributed by atoms with Crippen LogP contribution in [-0.4, -0.2) is 17.6 Å². The number of carbonyl (C=O) groups is 1. The lowest BCUT2D eigenvalue weighted by Crippen LogP contribution is -2.28. The second-order valence-electron chi connectivity index (χ2n) is 6.95. The molecule has 0 bridgehead atoms. The van der Waals surface area contributed by atoms with Crippen molar-refractivity contribution < 1.29 is 14.5 Å². The number of rotatable bonds is 6. The van der Waals surface area contributed by atoms with Crippen LogP contribution < -0.4 is 9.47 Å². The largest absolute Gasteiger partial charge is 0.481 e. The molecule has 1 aliphatic heterocycles. The van der Waals surface area contributed by atoms with Gasteiger partial charge in [0.2, 0.25) is 5.52 Å². The van der Waals surface area contributed by atoms with E-state index in [1.807, 2.05) is 0 Å². The fourth-order valence-corrected chi connectivity index (χ4v) is 4.72. The van der Waals surface area contributed by atoms with Crippen molar-refractivity contribution in [3.63, 3.8) is 0 Å². The average molecular weight is 392 g/mol. The maximum atomic E-state index is 10.8. The molecule has 28 heavy (non-hydrogen) atoms. The Morgan fingerprint density at radius 2 is 1.89 bits per heavy atom. The van der Waals surface area contributed by atoms with Crippen LogP contribution in [0.15, 0.2) is 70.7 Å². The number of carboxylic acid groups (broad SMARTS) is 1. The van der Waals surface area contributed by atoms with E-state index in [2.05, 4.69) is 83.4 Å². The number of para-hydroxylation sites is 2. The molecule has 1 N–H and O–H groups in total. The van der Waals surface area contributed by atoms with E-state index in [9.17, 15) is 4.79 Å². The van der Waals surface area contributed by atoms with Crippen LogP contribution in [0.3, 0.4) is 0 Å². The number of fused-ring (bicyclic) bond motifs is 2. The Hall–Kier alpha value is -2.79. The van der Waals surface area contributed by atoms with Crippen LogP contribution in [0.5, 0.6) is 0 Å². The van der Waals surface area contributed by atoms with Gasteiger partial charge in [0.1, 0.15) is 7.05 Å². The summed E-state index contributed by atoms with van der Waals surface area (Å²) in [5.41, 5.74) is 3.60. The smallest absolute Gasteiger partial charge is 0.303 e. The van der Waals surface area contributed by atoms with Crippen LogP contribution in [0.2, 0.25) is 0 Å². The molecule has 1 aliphatic rings. The lowest BCUT2D eigenvalue weighted by Gasteiger charge is -2.20. The van der Waals surface area contributed by atoms with Crippen molar-refractivity contribution in [2.45, 2.75) is 24.2 Å². The van der Waals surface area contributed by atoms with Gasteiger partial charge in [-0.25, -0.2) is 4.57 Å². The third kappa shape index (κ3) is 3.76. The summed E-state index contributed by atoms with van der Waals surface area (Å²) in [6.45, 7) is 0.821. The van der Waals surface area contributed by atoms with Crippen molar-refractivity contribution in [3.8, 4) is 0 Å². The lowest BCUT2D eigenvalue weighted by molar-refractivity contribution is -0.644. The predicted molar refractivity (Wildman–Crippen MR) is 114 cm³/mol. The first-order chi connectivity index (χ1) is 13.6. The average Bonchev–Trinajstić information content (AvgIpc) is 3.05. The molecule has 1 aromatic heterocycles. The van der Waals surface area contributed by atoms with E-state index in [-0.39, 0.29) is 6.42 Å². The molecule has 0 spiro atoms. The highest BCUT2D eigenvalue weighted by atomic mass is 32.2. The second kappa shape index (κ2) is 8.07. The monoisotopic (exact) mass is 391 g/mol. The minimum Gasteiger partial charge on any atom is -0.481 e. The van der Waals surface area contributed by atoms with E-state index in [0.29, 0.717) is 6.42 Å². The van der Waals surface area contributed by atoms with E-state index in [1.165, 1.54) is 32.1 Å². The maximum Gasteiger partial charge on any atom is 0.303 e. The Balaban J connectivity index is 1.68. The molecule has 4 rings (SSSR count). The zero-order valence-corrected chi connectivity index (χ0v) is 16.7. The molecule has 3 aromatic rings. The highest BCUT2D eigenvalue weighted by molar-refractivity contribution is 8.03. The van der Waals surface area contributed by atoms with Gasteiger partial charge >= 0.3 is 5.97 Å². The number of nitrogens with zero attached hydrogens (tertiary/aromatic N) is 2. The first-order valence-electron chi connectivity index (χ1n) is 9.49.